The Morgan fingerprint density at radius 2 is 1.71 bits per heavy atom. The van der Waals surface area contributed by atoms with Crippen molar-refractivity contribution in [1.29, 1.82) is 0 Å². The van der Waals surface area contributed by atoms with E-state index in [1.807, 2.05) is 0 Å². The van der Waals surface area contributed by atoms with Crippen LogP contribution >= 0.6 is 12.4 Å². The Hall–Kier alpha value is -0.900. The number of benzene rings is 1. The first kappa shape index (κ1) is 19.4. The summed E-state index contributed by atoms with van der Waals surface area (Å²) in [4.78, 5) is -0.572. The van der Waals surface area contributed by atoms with Gasteiger partial charge in [-0.15, -0.1) is 12.4 Å². The highest BCUT2D eigenvalue weighted by molar-refractivity contribution is 7.89. The molecule has 2 unspecified atom stereocenters. The molecule has 0 spiro atoms. The molecule has 2 N–H and O–H groups in total. The van der Waals surface area contributed by atoms with Gasteiger partial charge in [-0.25, -0.2) is 17.5 Å². The fraction of sp³-hybridized carbons (Fsp3) is 0.571. The van der Waals surface area contributed by atoms with E-state index < -0.39 is 32.5 Å². The van der Waals surface area contributed by atoms with Crippen molar-refractivity contribution in [1.82, 2.24) is 10.0 Å². The highest BCUT2D eigenvalue weighted by atomic mass is 35.5. The zero-order chi connectivity index (χ0) is 16.8. The van der Waals surface area contributed by atoms with Gasteiger partial charge in [0.1, 0.15) is 5.82 Å². The fourth-order valence-electron chi connectivity index (χ4n) is 3.33. The maximum atomic E-state index is 13.3. The lowest BCUT2D eigenvalue weighted by Gasteiger charge is -2.29. The minimum absolute atomic E-state index is 0. The average molecular weight is 389 g/mol. The average Bonchev–Trinajstić information content (AvgIpc) is 2.76. The number of fused-ring (bicyclic) bond motifs is 2. The monoisotopic (exact) mass is 388 g/mol. The predicted molar refractivity (Wildman–Crippen MR) is 81.9 cm³/mol. The number of halogens is 5. The third-order valence-electron chi connectivity index (χ3n) is 4.35. The van der Waals surface area contributed by atoms with E-state index in [0.29, 0.717) is 25.0 Å². The largest absolute Gasteiger partial charge is 0.419 e. The molecular formula is C14H17ClF4N2O2S. The van der Waals surface area contributed by atoms with Crippen molar-refractivity contribution in [3.8, 4) is 0 Å². The summed E-state index contributed by atoms with van der Waals surface area (Å²) in [6, 6.07) is 1.87. The Balaban J connectivity index is 0.00000208. The van der Waals surface area contributed by atoms with Crippen LogP contribution in [0.3, 0.4) is 0 Å². The molecule has 0 radical (unpaired) electrons. The molecule has 2 aliphatic rings. The van der Waals surface area contributed by atoms with Crippen molar-refractivity contribution in [2.75, 3.05) is 0 Å². The van der Waals surface area contributed by atoms with Gasteiger partial charge in [-0.3, -0.25) is 0 Å². The molecule has 2 heterocycles. The van der Waals surface area contributed by atoms with Crippen LogP contribution in [0.4, 0.5) is 17.6 Å². The van der Waals surface area contributed by atoms with Crippen LogP contribution in [0, 0.1) is 5.82 Å². The van der Waals surface area contributed by atoms with Gasteiger partial charge in [0.15, 0.2) is 0 Å². The van der Waals surface area contributed by atoms with Gasteiger partial charge >= 0.3 is 6.18 Å². The maximum absolute atomic E-state index is 13.3. The van der Waals surface area contributed by atoms with E-state index in [1.54, 1.807) is 0 Å². The molecular weight excluding hydrogens is 372 g/mol. The van der Waals surface area contributed by atoms with Crippen LogP contribution in [0.5, 0.6) is 0 Å². The molecule has 4 nitrogen and oxygen atoms in total. The fourth-order valence-corrected chi connectivity index (χ4v) is 4.62. The molecule has 0 aliphatic carbocycles. The van der Waals surface area contributed by atoms with Gasteiger partial charge in [-0.05, 0) is 43.9 Å². The zero-order valence-electron chi connectivity index (χ0n) is 12.4. The summed E-state index contributed by atoms with van der Waals surface area (Å²) in [7, 11) is -4.12. The van der Waals surface area contributed by atoms with Crippen molar-refractivity contribution < 1.29 is 26.0 Å². The van der Waals surface area contributed by atoms with Crippen LogP contribution in [-0.4, -0.2) is 26.5 Å². The summed E-state index contributed by atoms with van der Waals surface area (Å²) in [6.45, 7) is 0. The number of nitrogens with one attached hydrogen (secondary N) is 2. The molecule has 24 heavy (non-hydrogen) atoms. The smallest absolute Gasteiger partial charge is 0.311 e. The molecule has 0 saturated carbocycles. The normalized spacial score (nSPS) is 26.9. The molecule has 2 atom stereocenters. The zero-order valence-corrected chi connectivity index (χ0v) is 14.1. The van der Waals surface area contributed by atoms with Gasteiger partial charge < -0.3 is 5.32 Å². The lowest BCUT2D eigenvalue weighted by atomic mass is 10.0. The third kappa shape index (κ3) is 4.01. The summed E-state index contributed by atoms with van der Waals surface area (Å²) in [5.41, 5.74) is -1.58. The van der Waals surface area contributed by atoms with Crippen LogP contribution in [0.25, 0.3) is 0 Å². The van der Waals surface area contributed by atoms with Crippen LogP contribution in [0.1, 0.15) is 31.2 Å². The Bertz CT molecular complexity index is 699. The van der Waals surface area contributed by atoms with E-state index in [9.17, 15) is 26.0 Å². The first-order valence-electron chi connectivity index (χ1n) is 7.30. The second-order valence-corrected chi connectivity index (χ2v) is 7.78. The van der Waals surface area contributed by atoms with Crippen LogP contribution in [0.15, 0.2) is 23.1 Å². The number of rotatable bonds is 3. The lowest BCUT2D eigenvalue weighted by molar-refractivity contribution is -0.140. The molecule has 136 valence electrons. The van der Waals surface area contributed by atoms with Crippen LogP contribution in [-0.2, 0) is 16.2 Å². The summed E-state index contributed by atoms with van der Waals surface area (Å²) < 4.78 is 78.5. The van der Waals surface area contributed by atoms with Crippen LogP contribution in [0.2, 0.25) is 0 Å². The molecule has 1 aromatic rings. The van der Waals surface area contributed by atoms with E-state index in [0.717, 1.165) is 18.9 Å². The van der Waals surface area contributed by atoms with E-state index >= 15 is 0 Å². The lowest BCUT2D eigenvalue weighted by Crippen LogP contribution is -2.47. The highest BCUT2D eigenvalue weighted by Gasteiger charge is 2.37. The van der Waals surface area contributed by atoms with E-state index in [2.05, 4.69) is 10.0 Å². The van der Waals surface area contributed by atoms with E-state index in [4.69, 9.17) is 0 Å². The first-order valence-corrected chi connectivity index (χ1v) is 8.78. The third-order valence-corrected chi connectivity index (χ3v) is 5.87. The summed E-state index contributed by atoms with van der Waals surface area (Å²) in [5, 5.41) is 3.35. The van der Waals surface area contributed by atoms with E-state index in [-0.39, 0.29) is 30.5 Å². The van der Waals surface area contributed by atoms with Gasteiger partial charge in [-0.2, -0.15) is 13.2 Å². The number of sulfonamides is 1. The van der Waals surface area contributed by atoms with Crippen LogP contribution < -0.4 is 10.0 Å². The van der Waals surface area contributed by atoms with Crippen molar-refractivity contribution in [2.45, 2.75) is 54.9 Å². The molecule has 0 aromatic heterocycles. The van der Waals surface area contributed by atoms with Gasteiger partial charge in [-0.1, -0.05) is 0 Å². The topological polar surface area (TPSA) is 58.2 Å². The first-order chi connectivity index (χ1) is 10.6. The summed E-state index contributed by atoms with van der Waals surface area (Å²) in [5.74, 6) is -1.49. The Labute approximate surface area is 143 Å². The minimum atomic E-state index is -4.94. The number of hydrogen-bond acceptors (Lipinski definition) is 3. The van der Waals surface area contributed by atoms with E-state index in [1.165, 1.54) is 0 Å². The molecule has 2 aliphatic heterocycles. The molecule has 0 amide bonds. The Morgan fingerprint density at radius 3 is 2.25 bits per heavy atom. The Morgan fingerprint density at radius 1 is 1.12 bits per heavy atom. The van der Waals surface area contributed by atoms with Gasteiger partial charge in [0.05, 0.1) is 10.5 Å². The standard InChI is InChI=1S/C14H16F4N2O2S.ClH/c15-13-4-3-11(7-12(13)14(16,17)18)23(21,22)20-10-5-8-1-2-9(6-10)19-8;/h3-4,7-10,19-20H,1-2,5-6H2;1H. The summed E-state index contributed by atoms with van der Waals surface area (Å²) in [6.07, 6.45) is -1.80. The van der Waals surface area contributed by atoms with Crippen molar-refractivity contribution >= 4 is 22.4 Å². The SMILES string of the molecule is Cl.O=S(=O)(NC1CC2CCC(C1)N2)c1ccc(F)c(C(F)(F)F)c1. The molecule has 10 heteroatoms. The summed E-state index contributed by atoms with van der Waals surface area (Å²) >= 11 is 0. The van der Waals surface area contributed by atoms with Crippen molar-refractivity contribution in [2.24, 2.45) is 0 Å². The maximum Gasteiger partial charge on any atom is 0.419 e. The number of alkyl halides is 3. The molecule has 2 fully saturated rings. The van der Waals surface area contributed by atoms with Gasteiger partial charge in [0.25, 0.3) is 0 Å². The minimum Gasteiger partial charge on any atom is -0.311 e. The Kier molecular flexibility index (Phi) is 5.49. The van der Waals surface area contributed by atoms with Gasteiger partial charge in [0.2, 0.25) is 10.0 Å². The highest BCUT2D eigenvalue weighted by Crippen LogP contribution is 2.33. The molecule has 3 rings (SSSR count). The van der Waals surface area contributed by atoms with Crippen molar-refractivity contribution in [3.05, 3.63) is 29.6 Å². The quantitative estimate of drug-likeness (QED) is 0.783. The second-order valence-electron chi connectivity index (χ2n) is 6.07. The molecule has 2 bridgehead atoms. The van der Waals surface area contributed by atoms with Gasteiger partial charge in [0, 0.05) is 18.1 Å². The second kappa shape index (κ2) is 6.78. The number of piperidine rings is 1. The molecule has 1 aromatic carbocycles. The van der Waals surface area contributed by atoms with Crippen molar-refractivity contribution in [3.63, 3.8) is 0 Å². The number of hydrogen-bond donors (Lipinski definition) is 2. The molecule has 2 saturated heterocycles. The predicted octanol–water partition coefficient (Wildman–Crippen LogP) is 2.83.